The van der Waals surface area contributed by atoms with E-state index in [4.69, 9.17) is 5.73 Å². The fraction of sp³-hybridized carbons (Fsp3) is 0.769. The monoisotopic (exact) mass is 222 g/mol. The SMILES string of the molecule is C=CCN(C(=O)C1CCCC1CN)C1CC1. The first-order valence-corrected chi connectivity index (χ1v) is 6.39. The number of hydrogen-bond donors (Lipinski definition) is 1. The average molecular weight is 222 g/mol. The van der Waals surface area contributed by atoms with Crippen LogP contribution in [0.25, 0.3) is 0 Å². The maximum Gasteiger partial charge on any atom is 0.226 e. The van der Waals surface area contributed by atoms with Gasteiger partial charge in [-0.05, 0) is 38.1 Å². The lowest BCUT2D eigenvalue weighted by Crippen LogP contribution is -2.40. The van der Waals surface area contributed by atoms with Gasteiger partial charge >= 0.3 is 0 Å². The van der Waals surface area contributed by atoms with Crippen LogP contribution in [0, 0.1) is 11.8 Å². The molecule has 0 aliphatic heterocycles. The van der Waals surface area contributed by atoms with E-state index in [2.05, 4.69) is 6.58 Å². The third-order valence-electron chi connectivity index (χ3n) is 3.88. The Morgan fingerprint density at radius 3 is 2.69 bits per heavy atom. The highest BCUT2D eigenvalue weighted by atomic mass is 16.2. The fourth-order valence-electron chi connectivity index (χ4n) is 2.80. The van der Waals surface area contributed by atoms with Crippen molar-refractivity contribution < 1.29 is 4.79 Å². The Hall–Kier alpha value is -0.830. The molecule has 0 bridgehead atoms. The summed E-state index contributed by atoms with van der Waals surface area (Å²) in [5, 5.41) is 0. The first kappa shape index (κ1) is 11.6. The molecule has 90 valence electrons. The van der Waals surface area contributed by atoms with Gasteiger partial charge in [-0.25, -0.2) is 0 Å². The molecular formula is C13H22N2O. The van der Waals surface area contributed by atoms with E-state index in [0.717, 1.165) is 19.3 Å². The van der Waals surface area contributed by atoms with Gasteiger partial charge in [-0.2, -0.15) is 0 Å². The van der Waals surface area contributed by atoms with Crippen LogP contribution in [0.4, 0.5) is 0 Å². The molecule has 3 heteroatoms. The zero-order valence-electron chi connectivity index (χ0n) is 9.90. The molecule has 3 nitrogen and oxygen atoms in total. The maximum absolute atomic E-state index is 12.4. The van der Waals surface area contributed by atoms with E-state index in [1.807, 2.05) is 11.0 Å². The van der Waals surface area contributed by atoms with Crippen LogP contribution in [-0.2, 0) is 4.79 Å². The van der Waals surface area contributed by atoms with Crippen molar-refractivity contribution in [3.63, 3.8) is 0 Å². The molecule has 2 fully saturated rings. The molecule has 2 atom stereocenters. The highest BCUT2D eigenvalue weighted by molar-refractivity contribution is 5.80. The Morgan fingerprint density at radius 1 is 1.38 bits per heavy atom. The van der Waals surface area contributed by atoms with Gasteiger partial charge in [-0.1, -0.05) is 12.5 Å². The minimum atomic E-state index is 0.186. The third-order valence-corrected chi connectivity index (χ3v) is 3.88. The van der Waals surface area contributed by atoms with Crippen LogP contribution < -0.4 is 5.73 Å². The van der Waals surface area contributed by atoms with Crippen molar-refractivity contribution in [3.8, 4) is 0 Å². The first-order chi connectivity index (χ1) is 7.77. The molecule has 0 radical (unpaired) electrons. The molecule has 2 rings (SSSR count). The fourth-order valence-corrected chi connectivity index (χ4v) is 2.80. The quantitative estimate of drug-likeness (QED) is 0.717. The van der Waals surface area contributed by atoms with Gasteiger partial charge in [0.2, 0.25) is 5.91 Å². The molecule has 0 heterocycles. The third kappa shape index (κ3) is 2.29. The van der Waals surface area contributed by atoms with Gasteiger partial charge in [0.25, 0.3) is 0 Å². The summed E-state index contributed by atoms with van der Waals surface area (Å²) in [6.07, 6.45) is 7.48. The smallest absolute Gasteiger partial charge is 0.226 e. The molecule has 2 aliphatic rings. The second-order valence-electron chi connectivity index (χ2n) is 5.04. The molecule has 2 saturated carbocycles. The van der Waals surface area contributed by atoms with Gasteiger partial charge in [-0.15, -0.1) is 6.58 Å². The number of carbonyl (C=O) groups excluding carboxylic acids is 1. The molecule has 0 spiro atoms. The lowest BCUT2D eigenvalue weighted by molar-refractivity contribution is -0.136. The molecular weight excluding hydrogens is 200 g/mol. The summed E-state index contributed by atoms with van der Waals surface area (Å²) in [7, 11) is 0. The van der Waals surface area contributed by atoms with E-state index < -0.39 is 0 Å². The summed E-state index contributed by atoms with van der Waals surface area (Å²) in [6.45, 7) is 5.10. The van der Waals surface area contributed by atoms with Crippen LogP contribution in [0.3, 0.4) is 0 Å². The Bertz CT molecular complexity index is 273. The van der Waals surface area contributed by atoms with Crippen LogP contribution in [0.1, 0.15) is 32.1 Å². The molecule has 0 aromatic rings. The minimum absolute atomic E-state index is 0.186. The molecule has 2 N–H and O–H groups in total. The van der Waals surface area contributed by atoms with E-state index in [1.165, 1.54) is 12.8 Å². The molecule has 0 aromatic carbocycles. The summed E-state index contributed by atoms with van der Waals surface area (Å²) >= 11 is 0. The van der Waals surface area contributed by atoms with Gasteiger partial charge in [0.1, 0.15) is 0 Å². The van der Waals surface area contributed by atoms with E-state index in [1.54, 1.807) is 0 Å². The van der Waals surface area contributed by atoms with Crippen molar-refractivity contribution in [1.82, 2.24) is 4.90 Å². The topological polar surface area (TPSA) is 46.3 Å². The molecule has 2 aliphatic carbocycles. The van der Waals surface area contributed by atoms with Crippen LogP contribution >= 0.6 is 0 Å². The first-order valence-electron chi connectivity index (χ1n) is 6.39. The highest BCUT2D eigenvalue weighted by Crippen LogP contribution is 2.35. The van der Waals surface area contributed by atoms with Crippen molar-refractivity contribution in [3.05, 3.63) is 12.7 Å². The predicted octanol–water partition coefficient (Wildman–Crippen LogP) is 1.54. The summed E-state index contributed by atoms with van der Waals surface area (Å²) in [5.41, 5.74) is 5.74. The van der Waals surface area contributed by atoms with E-state index >= 15 is 0 Å². The zero-order chi connectivity index (χ0) is 11.5. The number of amides is 1. The average Bonchev–Trinajstić information content (AvgIpc) is 3.01. The van der Waals surface area contributed by atoms with Gasteiger partial charge in [0.15, 0.2) is 0 Å². The molecule has 0 saturated heterocycles. The zero-order valence-corrected chi connectivity index (χ0v) is 9.90. The largest absolute Gasteiger partial charge is 0.336 e. The minimum Gasteiger partial charge on any atom is -0.336 e. The van der Waals surface area contributed by atoms with E-state index in [0.29, 0.717) is 31.0 Å². The second-order valence-corrected chi connectivity index (χ2v) is 5.04. The number of nitrogens with two attached hydrogens (primary N) is 1. The standard InChI is InChI=1S/C13H22N2O/c1-2-8-15(11-6-7-11)13(16)12-5-3-4-10(12)9-14/h2,10-12H,1,3-9,14H2. The second kappa shape index (κ2) is 5.00. The lowest BCUT2D eigenvalue weighted by atomic mass is 9.94. The lowest BCUT2D eigenvalue weighted by Gasteiger charge is -2.27. The van der Waals surface area contributed by atoms with Crippen molar-refractivity contribution in [1.29, 1.82) is 0 Å². The van der Waals surface area contributed by atoms with Crippen molar-refractivity contribution >= 4 is 5.91 Å². The Labute approximate surface area is 97.7 Å². The number of hydrogen-bond acceptors (Lipinski definition) is 2. The van der Waals surface area contributed by atoms with Crippen LogP contribution in [-0.4, -0.2) is 29.9 Å². The number of rotatable bonds is 5. The summed E-state index contributed by atoms with van der Waals surface area (Å²) in [4.78, 5) is 14.4. The molecule has 0 aromatic heterocycles. The summed E-state index contributed by atoms with van der Waals surface area (Å²) in [6, 6.07) is 0.490. The Morgan fingerprint density at radius 2 is 2.12 bits per heavy atom. The Kier molecular flexibility index (Phi) is 3.64. The van der Waals surface area contributed by atoms with E-state index in [-0.39, 0.29) is 5.92 Å². The van der Waals surface area contributed by atoms with Crippen molar-refractivity contribution in [2.24, 2.45) is 17.6 Å². The van der Waals surface area contributed by atoms with Crippen LogP contribution in [0.2, 0.25) is 0 Å². The molecule has 2 unspecified atom stereocenters. The van der Waals surface area contributed by atoms with Gasteiger partial charge in [0, 0.05) is 18.5 Å². The number of nitrogens with zero attached hydrogens (tertiary/aromatic N) is 1. The highest BCUT2D eigenvalue weighted by Gasteiger charge is 2.39. The van der Waals surface area contributed by atoms with E-state index in [9.17, 15) is 4.79 Å². The van der Waals surface area contributed by atoms with Crippen LogP contribution in [0.5, 0.6) is 0 Å². The number of carbonyl (C=O) groups is 1. The van der Waals surface area contributed by atoms with Crippen molar-refractivity contribution in [2.45, 2.75) is 38.1 Å². The molecule has 1 amide bonds. The van der Waals surface area contributed by atoms with Gasteiger partial charge in [0.05, 0.1) is 0 Å². The van der Waals surface area contributed by atoms with Crippen molar-refractivity contribution in [2.75, 3.05) is 13.1 Å². The van der Waals surface area contributed by atoms with Gasteiger partial charge < -0.3 is 10.6 Å². The normalized spacial score (nSPS) is 29.1. The Balaban J connectivity index is 2.00. The summed E-state index contributed by atoms with van der Waals surface area (Å²) < 4.78 is 0. The van der Waals surface area contributed by atoms with Gasteiger partial charge in [-0.3, -0.25) is 4.79 Å². The van der Waals surface area contributed by atoms with Crippen LogP contribution in [0.15, 0.2) is 12.7 Å². The predicted molar refractivity (Wildman–Crippen MR) is 64.8 cm³/mol. The molecule has 16 heavy (non-hydrogen) atoms. The summed E-state index contributed by atoms with van der Waals surface area (Å²) in [5.74, 6) is 0.930. The maximum atomic E-state index is 12.4.